The molecule has 1 heterocycles. The third kappa shape index (κ3) is 2.36. The topological polar surface area (TPSA) is 66.5 Å². The van der Waals surface area contributed by atoms with Gasteiger partial charge >= 0.3 is 0 Å². The highest BCUT2D eigenvalue weighted by atomic mass is 16.2. The molecule has 2 bridgehead atoms. The van der Waals surface area contributed by atoms with Crippen molar-refractivity contribution in [3.8, 4) is 11.1 Å². The SMILES string of the molecule is O=C(CN1C(=O)[C@@H]2[C@@H](C1=O)[C@H]1C=C[C@H]2C1)Nc1ccc2c(c1)-c1ccccc1C2. The standard InChI is InChI=1S/C24H20N2O3/c27-20(12-26-23(28)21-15-5-6-16(10-15)22(21)24(26)29)25-17-8-7-14-9-13-3-1-2-4-18(13)19(14)11-17/h1-8,11,15-16,21-22H,9-10,12H2,(H,25,27)/t15-,16-,21-,22-/m0/s1. The molecule has 1 saturated heterocycles. The lowest BCUT2D eigenvalue weighted by atomic mass is 9.85. The van der Waals surface area contributed by atoms with Gasteiger partial charge in [0.2, 0.25) is 17.7 Å². The zero-order chi connectivity index (χ0) is 19.7. The molecule has 2 aromatic carbocycles. The van der Waals surface area contributed by atoms with Crippen molar-refractivity contribution in [3.05, 3.63) is 65.7 Å². The van der Waals surface area contributed by atoms with Gasteiger partial charge in [0.05, 0.1) is 11.8 Å². The van der Waals surface area contributed by atoms with Crippen LogP contribution in [0.15, 0.2) is 54.6 Å². The summed E-state index contributed by atoms with van der Waals surface area (Å²) < 4.78 is 0. The summed E-state index contributed by atoms with van der Waals surface area (Å²) in [6, 6.07) is 14.2. The lowest BCUT2D eigenvalue weighted by Crippen LogP contribution is -2.39. The number of benzene rings is 2. The fraction of sp³-hybridized carbons (Fsp3) is 0.292. The molecular weight excluding hydrogens is 364 g/mol. The number of allylic oxidation sites excluding steroid dienone is 2. The molecular formula is C24H20N2O3. The minimum Gasteiger partial charge on any atom is -0.325 e. The maximum Gasteiger partial charge on any atom is 0.244 e. The van der Waals surface area contributed by atoms with Gasteiger partial charge in [0.1, 0.15) is 6.54 Å². The van der Waals surface area contributed by atoms with Crippen LogP contribution in [0.3, 0.4) is 0 Å². The van der Waals surface area contributed by atoms with E-state index in [-0.39, 0.29) is 47.9 Å². The summed E-state index contributed by atoms with van der Waals surface area (Å²) in [7, 11) is 0. The van der Waals surface area contributed by atoms with Crippen LogP contribution in [0.25, 0.3) is 11.1 Å². The predicted octanol–water partition coefficient (Wildman–Crippen LogP) is 3.00. The molecule has 1 saturated carbocycles. The number of fused-ring (bicyclic) bond motifs is 8. The van der Waals surface area contributed by atoms with Crippen LogP contribution in [-0.2, 0) is 20.8 Å². The van der Waals surface area contributed by atoms with Gasteiger partial charge in [-0.05, 0) is 59.1 Å². The lowest BCUT2D eigenvalue weighted by Gasteiger charge is -2.17. The minimum absolute atomic E-state index is 0.159. The molecule has 0 aromatic heterocycles. The second-order valence-corrected chi connectivity index (χ2v) is 8.52. The van der Waals surface area contributed by atoms with Crippen molar-refractivity contribution in [1.29, 1.82) is 0 Å². The first kappa shape index (κ1) is 16.7. The quantitative estimate of drug-likeness (QED) is 0.558. The summed E-state index contributed by atoms with van der Waals surface area (Å²) >= 11 is 0. The molecule has 0 spiro atoms. The van der Waals surface area contributed by atoms with Gasteiger partial charge in [0, 0.05) is 5.69 Å². The lowest BCUT2D eigenvalue weighted by molar-refractivity contribution is -0.143. The Bertz CT molecular complexity index is 1090. The van der Waals surface area contributed by atoms with Gasteiger partial charge in [-0.3, -0.25) is 19.3 Å². The molecule has 5 heteroatoms. The van der Waals surface area contributed by atoms with E-state index in [2.05, 4.69) is 29.6 Å². The van der Waals surface area contributed by atoms with Crippen LogP contribution in [0.5, 0.6) is 0 Å². The van der Waals surface area contributed by atoms with E-state index in [0.29, 0.717) is 5.69 Å². The Hall–Kier alpha value is -3.21. The van der Waals surface area contributed by atoms with Gasteiger partial charge in [-0.25, -0.2) is 0 Å². The molecule has 4 atom stereocenters. The molecule has 1 N–H and O–H groups in total. The number of carbonyl (C=O) groups excluding carboxylic acids is 3. The molecule has 6 rings (SSSR count). The monoisotopic (exact) mass is 384 g/mol. The number of likely N-dealkylation sites (tertiary alicyclic amines) is 1. The predicted molar refractivity (Wildman–Crippen MR) is 108 cm³/mol. The number of rotatable bonds is 3. The van der Waals surface area contributed by atoms with Gasteiger partial charge in [0.15, 0.2) is 0 Å². The van der Waals surface area contributed by atoms with E-state index in [0.717, 1.165) is 18.4 Å². The molecule has 2 aromatic rings. The van der Waals surface area contributed by atoms with E-state index in [1.54, 1.807) is 0 Å². The molecule has 2 fully saturated rings. The summed E-state index contributed by atoms with van der Waals surface area (Å²) in [4.78, 5) is 39.3. The summed E-state index contributed by atoms with van der Waals surface area (Å²) in [5, 5.41) is 2.87. The van der Waals surface area contributed by atoms with Crippen LogP contribution in [0.2, 0.25) is 0 Å². The molecule has 0 unspecified atom stereocenters. The van der Waals surface area contributed by atoms with Crippen molar-refractivity contribution in [1.82, 2.24) is 4.90 Å². The Kier molecular flexibility index (Phi) is 3.40. The van der Waals surface area contributed by atoms with Crippen LogP contribution in [-0.4, -0.2) is 29.2 Å². The Morgan fingerprint density at radius 3 is 2.38 bits per heavy atom. The minimum atomic E-state index is -0.335. The average Bonchev–Trinajstić information content (AvgIpc) is 3.47. The number of imide groups is 1. The first-order valence-electron chi connectivity index (χ1n) is 10.1. The highest BCUT2D eigenvalue weighted by Crippen LogP contribution is 2.52. The molecule has 1 aliphatic heterocycles. The average molecular weight is 384 g/mol. The van der Waals surface area contributed by atoms with Crippen molar-refractivity contribution in [2.75, 3.05) is 11.9 Å². The molecule has 4 aliphatic rings. The summed E-state index contributed by atoms with van der Waals surface area (Å²) in [6.45, 7) is -0.211. The van der Waals surface area contributed by atoms with E-state index < -0.39 is 0 Å². The highest BCUT2D eigenvalue weighted by molar-refractivity contribution is 6.09. The second kappa shape index (κ2) is 5.89. The molecule has 29 heavy (non-hydrogen) atoms. The summed E-state index contributed by atoms with van der Waals surface area (Å²) in [6.07, 6.45) is 5.91. The Labute approximate surface area is 168 Å². The third-order valence-corrected chi connectivity index (χ3v) is 6.95. The smallest absolute Gasteiger partial charge is 0.244 e. The largest absolute Gasteiger partial charge is 0.325 e. The van der Waals surface area contributed by atoms with Crippen molar-refractivity contribution >= 4 is 23.4 Å². The van der Waals surface area contributed by atoms with Gasteiger partial charge < -0.3 is 5.32 Å². The van der Waals surface area contributed by atoms with Crippen LogP contribution in [0, 0.1) is 23.7 Å². The molecule has 144 valence electrons. The number of hydrogen-bond acceptors (Lipinski definition) is 3. The molecule has 0 radical (unpaired) electrons. The number of nitrogens with one attached hydrogen (secondary N) is 1. The maximum atomic E-state index is 12.8. The Morgan fingerprint density at radius 2 is 1.62 bits per heavy atom. The van der Waals surface area contributed by atoms with E-state index in [1.165, 1.54) is 21.6 Å². The van der Waals surface area contributed by atoms with Crippen LogP contribution in [0.4, 0.5) is 5.69 Å². The zero-order valence-electron chi connectivity index (χ0n) is 15.8. The van der Waals surface area contributed by atoms with Gasteiger partial charge in [-0.1, -0.05) is 42.5 Å². The van der Waals surface area contributed by atoms with Crippen molar-refractivity contribution in [3.63, 3.8) is 0 Å². The maximum absolute atomic E-state index is 12.8. The van der Waals surface area contributed by atoms with Crippen LogP contribution < -0.4 is 5.32 Å². The van der Waals surface area contributed by atoms with Crippen molar-refractivity contribution < 1.29 is 14.4 Å². The fourth-order valence-electron chi connectivity index (χ4n) is 5.67. The number of nitrogens with zero attached hydrogens (tertiary/aromatic N) is 1. The van der Waals surface area contributed by atoms with E-state index in [1.807, 2.05) is 30.3 Å². The summed E-state index contributed by atoms with van der Waals surface area (Å²) in [5.74, 6) is -0.913. The van der Waals surface area contributed by atoms with Crippen LogP contribution >= 0.6 is 0 Å². The number of hydrogen-bond donors (Lipinski definition) is 1. The third-order valence-electron chi connectivity index (χ3n) is 6.95. The first-order valence-corrected chi connectivity index (χ1v) is 10.1. The van der Waals surface area contributed by atoms with Gasteiger partial charge in [-0.2, -0.15) is 0 Å². The van der Waals surface area contributed by atoms with Crippen molar-refractivity contribution in [2.45, 2.75) is 12.8 Å². The number of amides is 3. The van der Waals surface area contributed by atoms with Crippen LogP contribution in [0.1, 0.15) is 17.5 Å². The summed E-state index contributed by atoms with van der Waals surface area (Å²) in [5.41, 5.74) is 5.54. The fourth-order valence-corrected chi connectivity index (χ4v) is 5.67. The van der Waals surface area contributed by atoms with E-state index >= 15 is 0 Å². The molecule has 3 amide bonds. The van der Waals surface area contributed by atoms with Crippen molar-refractivity contribution in [2.24, 2.45) is 23.7 Å². The first-order chi connectivity index (χ1) is 14.1. The van der Waals surface area contributed by atoms with Gasteiger partial charge in [-0.15, -0.1) is 0 Å². The molecule has 3 aliphatic carbocycles. The second-order valence-electron chi connectivity index (χ2n) is 8.52. The van der Waals surface area contributed by atoms with Gasteiger partial charge in [0.25, 0.3) is 0 Å². The normalized spacial score (nSPS) is 27.9. The Balaban J connectivity index is 1.19. The number of carbonyl (C=O) groups is 3. The number of anilines is 1. The molecule has 5 nitrogen and oxygen atoms in total. The Morgan fingerprint density at radius 1 is 0.931 bits per heavy atom. The zero-order valence-corrected chi connectivity index (χ0v) is 15.8. The van der Waals surface area contributed by atoms with E-state index in [9.17, 15) is 14.4 Å². The van der Waals surface area contributed by atoms with E-state index in [4.69, 9.17) is 0 Å². The highest BCUT2D eigenvalue weighted by Gasteiger charge is 2.59.